The smallest absolute Gasteiger partial charge is 0.0166 e. The Hall–Kier alpha value is 0.217. The van der Waals surface area contributed by atoms with Crippen LogP contribution in [0.4, 0.5) is 0 Å². The van der Waals surface area contributed by atoms with Gasteiger partial charge in [-0.25, -0.2) is 0 Å². The van der Waals surface area contributed by atoms with Gasteiger partial charge < -0.3 is 0 Å². The molecule has 0 aromatic rings. The maximum Gasteiger partial charge on any atom is 0.0166 e. The van der Waals surface area contributed by atoms with E-state index in [1.807, 2.05) is 0 Å². The van der Waals surface area contributed by atoms with E-state index in [1.165, 1.54) is 19.3 Å². The fourth-order valence-electron chi connectivity index (χ4n) is 1.97. The van der Waals surface area contributed by atoms with E-state index in [1.54, 1.807) is 25.3 Å². The SMILES string of the molecule is C[SiH2]CCC1CCCCC1.[HH]. The summed E-state index contributed by atoms with van der Waals surface area (Å²) < 4.78 is 0. The Labute approximate surface area is 68.7 Å². The monoisotopic (exact) mass is 158 g/mol. The predicted octanol–water partition coefficient (Wildman–Crippen LogP) is 2.84. The Morgan fingerprint density at radius 1 is 1.30 bits per heavy atom. The third-order valence-electron chi connectivity index (χ3n) is 2.69. The van der Waals surface area contributed by atoms with Gasteiger partial charge in [0.15, 0.2) is 0 Å². The predicted molar refractivity (Wildman–Crippen MR) is 52.5 cm³/mol. The maximum atomic E-state index is 2.43. The Morgan fingerprint density at radius 2 is 2.00 bits per heavy atom. The minimum atomic E-state index is 0. The molecule has 0 aliphatic heterocycles. The van der Waals surface area contributed by atoms with Gasteiger partial charge in [-0.2, -0.15) is 0 Å². The van der Waals surface area contributed by atoms with Crippen LogP contribution in [0, 0.1) is 5.92 Å². The summed E-state index contributed by atoms with van der Waals surface area (Å²) in [5, 5.41) is 0. The van der Waals surface area contributed by atoms with Gasteiger partial charge in [-0.3, -0.25) is 0 Å². The molecule has 1 heteroatoms. The second-order valence-electron chi connectivity index (χ2n) is 3.65. The third kappa shape index (κ3) is 2.87. The van der Waals surface area contributed by atoms with Crippen LogP contribution < -0.4 is 0 Å². The Morgan fingerprint density at radius 3 is 2.60 bits per heavy atom. The van der Waals surface area contributed by atoms with Crippen LogP contribution in [0.5, 0.6) is 0 Å². The van der Waals surface area contributed by atoms with Crippen molar-refractivity contribution in [1.29, 1.82) is 0 Å². The number of hydrogen-bond acceptors (Lipinski definition) is 0. The van der Waals surface area contributed by atoms with Crippen molar-refractivity contribution in [1.82, 2.24) is 0 Å². The van der Waals surface area contributed by atoms with E-state index in [9.17, 15) is 0 Å². The molecule has 0 aromatic heterocycles. The molecular formula is C9H22Si. The maximum absolute atomic E-state index is 2.43. The second-order valence-corrected chi connectivity index (χ2v) is 5.35. The first-order valence-electron chi connectivity index (χ1n) is 4.93. The lowest BCUT2D eigenvalue weighted by atomic mass is 9.88. The fraction of sp³-hybridized carbons (Fsp3) is 1.00. The Bertz CT molecular complexity index is 79.6. The molecule has 1 aliphatic carbocycles. The summed E-state index contributed by atoms with van der Waals surface area (Å²) >= 11 is 0. The molecule has 0 heterocycles. The number of hydrogen-bond donors (Lipinski definition) is 0. The molecule has 0 nitrogen and oxygen atoms in total. The van der Waals surface area contributed by atoms with Crippen LogP contribution in [0.25, 0.3) is 0 Å². The van der Waals surface area contributed by atoms with Gasteiger partial charge in [0.05, 0.1) is 0 Å². The van der Waals surface area contributed by atoms with Crippen LogP contribution in [0.15, 0.2) is 0 Å². The summed E-state index contributed by atoms with van der Waals surface area (Å²) in [6.07, 6.45) is 9.23. The molecule has 0 bridgehead atoms. The molecule has 0 N–H and O–H groups in total. The Kier molecular flexibility index (Phi) is 4.11. The lowest BCUT2D eigenvalue weighted by molar-refractivity contribution is 0.349. The summed E-state index contributed by atoms with van der Waals surface area (Å²) in [5.74, 6) is 1.14. The van der Waals surface area contributed by atoms with E-state index in [0.717, 1.165) is 5.92 Å². The van der Waals surface area contributed by atoms with Crippen molar-refractivity contribution < 1.29 is 1.43 Å². The van der Waals surface area contributed by atoms with Gasteiger partial charge in [-0.1, -0.05) is 51.1 Å². The first-order valence-corrected chi connectivity index (χ1v) is 7.35. The quantitative estimate of drug-likeness (QED) is 0.554. The molecule has 0 atom stereocenters. The summed E-state index contributed by atoms with van der Waals surface area (Å²) in [6.45, 7) is 2.43. The van der Waals surface area contributed by atoms with Crippen molar-refractivity contribution in [3.8, 4) is 0 Å². The summed E-state index contributed by atoms with van der Waals surface area (Å²) in [7, 11) is 0.369. The average Bonchev–Trinajstić information content (AvgIpc) is 2.03. The van der Waals surface area contributed by atoms with E-state index >= 15 is 0 Å². The van der Waals surface area contributed by atoms with Crippen LogP contribution in [-0.4, -0.2) is 9.52 Å². The minimum absolute atomic E-state index is 0. The van der Waals surface area contributed by atoms with Gasteiger partial charge in [0, 0.05) is 10.9 Å². The highest BCUT2D eigenvalue weighted by Gasteiger charge is 2.11. The van der Waals surface area contributed by atoms with Crippen LogP contribution in [0.2, 0.25) is 12.6 Å². The molecule has 0 radical (unpaired) electrons. The van der Waals surface area contributed by atoms with Gasteiger partial charge in [0.1, 0.15) is 0 Å². The van der Waals surface area contributed by atoms with Gasteiger partial charge in [0.2, 0.25) is 0 Å². The van der Waals surface area contributed by atoms with Gasteiger partial charge >= 0.3 is 0 Å². The highest BCUT2D eigenvalue weighted by atomic mass is 28.2. The molecule has 1 saturated carbocycles. The standard InChI is InChI=1S/C9H20Si.H2/c1-10-8-7-9-5-3-2-4-6-9;/h9H,2-8,10H2,1H3;1H. The largest absolute Gasteiger partial charge is 0.0748 e. The van der Waals surface area contributed by atoms with Crippen molar-refractivity contribution in [3.63, 3.8) is 0 Å². The van der Waals surface area contributed by atoms with Crippen molar-refractivity contribution in [2.24, 2.45) is 5.92 Å². The molecule has 0 saturated heterocycles. The average molecular weight is 158 g/mol. The van der Waals surface area contributed by atoms with Crippen molar-refractivity contribution in [2.75, 3.05) is 0 Å². The molecule has 0 unspecified atom stereocenters. The van der Waals surface area contributed by atoms with Crippen molar-refractivity contribution in [2.45, 2.75) is 51.1 Å². The second kappa shape index (κ2) is 4.95. The van der Waals surface area contributed by atoms with Crippen molar-refractivity contribution >= 4 is 9.52 Å². The molecule has 0 amide bonds. The van der Waals surface area contributed by atoms with Gasteiger partial charge in [-0.05, 0) is 5.92 Å². The van der Waals surface area contributed by atoms with E-state index in [0.29, 0.717) is 9.52 Å². The zero-order valence-corrected chi connectivity index (χ0v) is 8.65. The van der Waals surface area contributed by atoms with Crippen LogP contribution in [0.3, 0.4) is 0 Å². The first kappa shape index (κ1) is 8.31. The van der Waals surface area contributed by atoms with Crippen molar-refractivity contribution in [3.05, 3.63) is 0 Å². The van der Waals surface area contributed by atoms with Crippen LogP contribution in [0.1, 0.15) is 40.0 Å². The molecule has 1 fully saturated rings. The normalized spacial score (nSPS) is 22.5. The molecule has 10 heavy (non-hydrogen) atoms. The summed E-state index contributed by atoms with van der Waals surface area (Å²) in [6, 6.07) is 1.60. The Balaban J connectivity index is 0.000001000. The van der Waals surface area contributed by atoms with Crippen LogP contribution >= 0.6 is 0 Å². The lowest BCUT2D eigenvalue weighted by Crippen LogP contribution is -2.06. The molecular weight excluding hydrogens is 136 g/mol. The topological polar surface area (TPSA) is 0 Å². The highest BCUT2D eigenvalue weighted by molar-refractivity contribution is 6.33. The zero-order valence-electron chi connectivity index (χ0n) is 7.23. The van der Waals surface area contributed by atoms with E-state index in [4.69, 9.17) is 0 Å². The molecule has 0 aromatic carbocycles. The highest BCUT2D eigenvalue weighted by Crippen LogP contribution is 2.27. The minimum Gasteiger partial charge on any atom is -0.0748 e. The summed E-state index contributed by atoms with van der Waals surface area (Å²) in [5.41, 5.74) is 0. The van der Waals surface area contributed by atoms with E-state index < -0.39 is 0 Å². The van der Waals surface area contributed by atoms with E-state index in [2.05, 4.69) is 6.55 Å². The van der Waals surface area contributed by atoms with E-state index in [-0.39, 0.29) is 1.43 Å². The molecule has 0 spiro atoms. The summed E-state index contributed by atoms with van der Waals surface area (Å²) in [4.78, 5) is 0. The fourth-order valence-corrected chi connectivity index (χ4v) is 2.95. The third-order valence-corrected chi connectivity index (χ3v) is 3.81. The molecule has 1 aliphatic rings. The number of rotatable bonds is 3. The lowest BCUT2D eigenvalue weighted by Gasteiger charge is -2.20. The first-order chi connectivity index (χ1) is 4.93. The van der Waals surface area contributed by atoms with Gasteiger partial charge in [0.25, 0.3) is 0 Å². The molecule has 1 rings (SSSR count). The zero-order chi connectivity index (χ0) is 7.23. The van der Waals surface area contributed by atoms with Crippen LogP contribution in [-0.2, 0) is 0 Å². The molecule has 62 valence electrons. The van der Waals surface area contributed by atoms with Gasteiger partial charge in [-0.15, -0.1) is 0 Å².